The van der Waals surface area contributed by atoms with Gasteiger partial charge in [-0.1, -0.05) is 17.7 Å². The van der Waals surface area contributed by atoms with Gasteiger partial charge in [0, 0.05) is 36.7 Å². The van der Waals surface area contributed by atoms with E-state index in [4.69, 9.17) is 4.74 Å². The lowest BCUT2D eigenvalue weighted by Crippen LogP contribution is -2.17. The fourth-order valence-electron chi connectivity index (χ4n) is 1.84. The standard InChI is InChI=1S/C14H18N2OS/c1-11-3-4-13(17-2)12(9-11)10-15-6-5-14-16-7-8-18-14/h3-4,7-9,15H,5-6,10H2,1-2H3. The Morgan fingerprint density at radius 1 is 1.39 bits per heavy atom. The van der Waals surface area contributed by atoms with Crippen LogP contribution in [0, 0.1) is 6.92 Å². The van der Waals surface area contributed by atoms with Crippen molar-refractivity contribution in [3.05, 3.63) is 45.9 Å². The molecule has 0 bridgehead atoms. The molecule has 18 heavy (non-hydrogen) atoms. The number of rotatable bonds is 6. The number of ether oxygens (including phenoxy) is 1. The molecule has 0 radical (unpaired) electrons. The van der Waals surface area contributed by atoms with Crippen molar-refractivity contribution in [2.45, 2.75) is 19.9 Å². The Kier molecular flexibility index (Phi) is 4.73. The van der Waals surface area contributed by atoms with Gasteiger partial charge in [0.2, 0.25) is 0 Å². The highest BCUT2D eigenvalue weighted by atomic mass is 32.1. The van der Waals surface area contributed by atoms with Crippen LogP contribution in [0.3, 0.4) is 0 Å². The molecule has 1 N–H and O–H groups in total. The second-order valence-corrected chi connectivity index (χ2v) is 5.15. The molecule has 2 rings (SSSR count). The molecule has 1 aromatic heterocycles. The first-order chi connectivity index (χ1) is 8.79. The Morgan fingerprint density at radius 2 is 2.28 bits per heavy atom. The van der Waals surface area contributed by atoms with Gasteiger partial charge in [0.1, 0.15) is 5.75 Å². The topological polar surface area (TPSA) is 34.1 Å². The van der Waals surface area contributed by atoms with Crippen LogP contribution in [0.5, 0.6) is 5.75 Å². The van der Waals surface area contributed by atoms with Crippen LogP contribution in [-0.4, -0.2) is 18.6 Å². The van der Waals surface area contributed by atoms with Crippen molar-refractivity contribution in [1.29, 1.82) is 0 Å². The van der Waals surface area contributed by atoms with Crippen LogP contribution >= 0.6 is 11.3 Å². The Morgan fingerprint density at radius 3 is 3.00 bits per heavy atom. The van der Waals surface area contributed by atoms with E-state index >= 15 is 0 Å². The van der Waals surface area contributed by atoms with Crippen molar-refractivity contribution in [2.24, 2.45) is 0 Å². The summed E-state index contributed by atoms with van der Waals surface area (Å²) in [4.78, 5) is 4.26. The van der Waals surface area contributed by atoms with Crippen molar-refractivity contribution in [1.82, 2.24) is 10.3 Å². The highest BCUT2D eigenvalue weighted by Crippen LogP contribution is 2.19. The quantitative estimate of drug-likeness (QED) is 0.813. The van der Waals surface area contributed by atoms with Gasteiger partial charge in [-0.15, -0.1) is 11.3 Å². The molecule has 0 unspecified atom stereocenters. The summed E-state index contributed by atoms with van der Waals surface area (Å²) in [5, 5.41) is 6.62. The Bertz CT molecular complexity index is 483. The van der Waals surface area contributed by atoms with E-state index in [1.165, 1.54) is 16.1 Å². The van der Waals surface area contributed by atoms with Crippen molar-refractivity contribution in [3.63, 3.8) is 0 Å². The Balaban J connectivity index is 1.84. The Labute approximate surface area is 112 Å². The van der Waals surface area contributed by atoms with E-state index in [1.807, 2.05) is 17.6 Å². The monoisotopic (exact) mass is 262 g/mol. The summed E-state index contributed by atoms with van der Waals surface area (Å²) in [5.74, 6) is 0.947. The molecule has 0 saturated carbocycles. The third-order valence-electron chi connectivity index (χ3n) is 2.75. The van der Waals surface area contributed by atoms with Crippen LogP contribution < -0.4 is 10.1 Å². The van der Waals surface area contributed by atoms with Crippen molar-refractivity contribution in [3.8, 4) is 5.75 Å². The number of aryl methyl sites for hydroxylation is 1. The van der Waals surface area contributed by atoms with Crippen LogP contribution in [0.15, 0.2) is 29.8 Å². The average Bonchev–Trinajstić information content (AvgIpc) is 2.88. The lowest BCUT2D eigenvalue weighted by molar-refractivity contribution is 0.407. The number of nitrogens with zero attached hydrogens (tertiary/aromatic N) is 1. The van der Waals surface area contributed by atoms with E-state index in [1.54, 1.807) is 18.4 Å². The summed E-state index contributed by atoms with van der Waals surface area (Å²) in [7, 11) is 1.71. The maximum Gasteiger partial charge on any atom is 0.123 e. The summed E-state index contributed by atoms with van der Waals surface area (Å²) >= 11 is 1.70. The molecule has 2 aromatic rings. The fraction of sp³-hybridized carbons (Fsp3) is 0.357. The van der Waals surface area contributed by atoms with E-state index < -0.39 is 0 Å². The predicted octanol–water partition coefficient (Wildman–Crippen LogP) is 2.79. The molecule has 3 nitrogen and oxygen atoms in total. The molecule has 0 amide bonds. The third kappa shape index (κ3) is 3.55. The zero-order valence-corrected chi connectivity index (χ0v) is 11.6. The maximum atomic E-state index is 5.35. The number of nitrogens with one attached hydrogen (secondary N) is 1. The van der Waals surface area contributed by atoms with Crippen LogP contribution in [0.1, 0.15) is 16.1 Å². The van der Waals surface area contributed by atoms with Crippen molar-refractivity contribution in [2.75, 3.05) is 13.7 Å². The molecule has 0 spiro atoms. The summed E-state index contributed by atoms with van der Waals surface area (Å²) in [6.45, 7) is 3.86. The van der Waals surface area contributed by atoms with Gasteiger partial charge in [-0.2, -0.15) is 0 Å². The van der Waals surface area contributed by atoms with E-state index in [9.17, 15) is 0 Å². The lowest BCUT2D eigenvalue weighted by Gasteiger charge is -2.10. The minimum atomic E-state index is 0.830. The first-order valence-corrected chi connectivity index (χ1v) is 6.90. The highest BCUT2D eigenvalue weighted by Gasteiger charge is 2.02. The zero-order valence-electron chi connectivity index (χ0n) is 10.8. The number of aromatic nitrogens is 1. The number of methoxy groups -OCH3 is 1. The second-order valence-electron chi connectivity index (χ2n) is 4.17. The molecular formula is C14H18N2OS. The molecule has 0 atom stereocenters. The Hall–Kier alpha value is -1.39. The van der Waals surface area contributed by atoms with E-state index in [0.29, 0.717) is 0 Å². The number of hydrogen-bond acceptors (Lipinski definition) is 4. The normalized spacial score (nSPS) is 10.6. The molecule has 4 heteroatoms. The molecule has 0 saturated heterocycles. The molecule has 0 fully saturated rings. The molecule has 1 aromatic carbocycles. The molecule has 0 aliphatic heterocycles. The van der Waals surface area contributed by atoms with E-state index in [0.717, 1.165) is 25.3 Å². The highest BCUT2D eigenvalue weighted by molar-refractivity contribution is 7.09. The number of thiazole rings is 1. The summed E-state index contributed by atoms with van der Waals surface area (Å²) in [5.41, 5.74) is 2.46. The number of benzene rings is 1. The predicted molar refractivity (Wildman–Crippen MR) is 75.3 cm³/mol. The summed E-state index contributed by atoms with van der Waals surface area (Å²) < 4.78 is 5.35. The number of hydrogen-bond donors (Lipinski definition) is 1. The van der Waals surface area contributed by atoms with Crippen molar-refractivity contribution < 1.29 is 4.74 Å². The van der Waals surface area contributed by atoms with Gasteiger partial charge in [-0.25, -0.2) is 4.98 Å². The van der Waals surface area contributed by atoms with Gasteiger partial charge in [-0.05, 0) is 13.0 Å². The lowest BCUT2D eigenvalue weighted by atomic mass is 10.1. The van der Waals surface area contributed by atoms with Crippen LogP contribution in [0.2, 0.25) is 0 Å². The van der Waals surface area contributed by atoms with E-state index in [-0.39, 0.29) is 0 Å². The van der Waals surface area contributed by atoms with Gasteiger partial charge < -0.3 is 10.1 Å². The molecule has 1 heterocycles. The van der Waals surface area contributed by atoms with Gasteiger partial charge in [0.15, 0.2) is 0 Å². The average molecular weight is 262 g/mol. The van der Waals surface area contributed by atoms with Gasteiger partial charge in [0.05, 0.1) is 12.1 Å². The van der Waals surface area contributed by atoms with Gasteiger partial charge in [-0.3, -0.25) is 0 Å². The zero-order chi connectivity index (χ0) is 12.8. The van der Waals surface area contributed by atoms with Crippen LogP contribution in [0.4, 0.5) is 0 Å². The maximum absolute atomic E-state index is 5.35. The minimum absolute atomic E-state index is 0.830. The SMILES string of the molecule is COc1ccc(C)cc1CNCCc1nccs1. The second kappa shape index (κ2) is 6.52. The first kappa shape index (κ1) is 13.1. The molecule has 0 aliphatic rings. The first-order valence-electron chi connectivity index (χ1n) is 6.02. The minimum Gasteiger partial charge on any atom is -0.496 e. The molecule has 0 aliphatic carbocycles. The third-order valence-corrected chi connectivity index (χ3v) is 3.59. The summed E-state index contributed by atoms with van der Waals surface area (Å²) in [6.07, 6.45) is 2.83. The molecular weight excluding hydrogens is 244 g/mol. The van der Waals surface area contributed by atoms with Gasteiger partial charge >= 0.3 is 0 Å². The van der Waals surface area contributed by atoms with Crippen molar-refractivity contribution >= 4 is 11.3 Å². The largest absolute Gasteiger partial charge is 0.496 e. The molecule has 96 valence electrons. The van der Waals surface area contributed by atoms with Crippen LogP contribution in [0.25, 0.3) is 0 Å². The van der Waals surface area contributed by atoms with E-state index in [2.05, 4.69) is 29.4 Å². The smallest absolute Gasteiger partial charge is 0.123 e. The fourth-order valence-corrected chi connectivity index (χ4v) is 2.46. The van der Waals surface area contributed by atoms with Crippen LogP contribution in [-0.2, 0) is 13.0 Å². The summed E-state index contributed by atoms with van der Waals surface area (Å²) in [6, 6.07) is 6.25. The van der Waals surface area contributed by atoms with Gasteiger partial charge in [0.25, 0.3) is 0 Å².